The molecule has 0 spiro atoms. The van der Waals surface area contributed by atoms with Crippen molar-refractivity contribution in [1.29, 1.82) is 0 Å². The highest BCUT2D eigenvalue weighted by molar-refractivity contribution is 5.98. The number of ether oxygens (including phenoxy) is 2. The second-order valence-corrected chi connectivity index (χ2v) is 10.7. The van der Waals surface area contributed by atoms with Gasteiger partial charge in [-0.25, -0.2) is 23.9 Å². The van der Waals surface area contributed by atoms with Gasteiger partial charge in [-0.2, -0.15) is 4.39 Å². The molecule has 2 aromatic carbocycles. The molecule has 2 heterocycles. The molecule has 0 bridgehead atoms. The zero-order valence-corrected chi connectivity index (χ0v) is 24.7. The van der Waals surface area contributed by atoms with Crippen LogP contribution in [0.15, 0.2) is 48.9 Å². The van der Waals surface area contributed by atoms with Crippen molar-refractivity contribution in [3.05, 3.63) is 71.7 Å². The number of carboxylic acids is 1. The van der Waals surface area contributed by atoms with Gasteiger partial charge in [0.15, 0.2) is 23.0 Å². The van der Waals surface area contributed by atoms with Crippen molar-refractivity contribution in [3.63, 3.8) is 0 Å². The molecule has 14 heteroatoms. The number of amides is 2. The maximum atomic E-state index is 14.8. The summed E-state index contributed by atoms with van der Waals surface area (Å²) in [6.07, 6.45) is 4.05. The summed E-state index contributed by atoms with van der Waals surface area (Å²) in [5, 5.41) is 17.5. The molecule has 4 N–H and O–H groups in total. The number of halogens is 2. The average molecular weight is 611 g/mol. The number of carbonyl (C=O) groups is 3. The first-order chi connectivity index (χ1) is 20.8. The van der Waals surface area contributed by atoms with E-state index in [4.69, 9.17) is 9.47 Å². The molecule has 0 aliphatic rings. The summed E-state index contributed by atoms with van der Waals surface area (Å²) in [5.74, 6) is -4.07. The minimum atomic E-state index is -1.40. The van der Waals surface area contributed by atoms with Gasteiger partial charge in [-0.3, -0.25) is 9.20 Å². The van der Waals surface area contributed by atoms with Gasteiger partial charge in [0.2, 0.25) is 5.82 Å². The summed E-state index contributed by atoms with van der Waals surface area (Å²) >= 11 is 0. The number of aryl methyl sites for hydroxylation is 1. The van der Waals surface area contributed by atoms with Gasteiger partial charge in [-0.15, -0.1) is 0 Å². The lowest BCUT2D eigenvalue weighted by Gasteiger charge is -2.21. The lowest BCUT2D eigenvalue weighted by atomic mass is 10.0. The fourth-order valence-electron chi connectivity index (χ4n) is 4.35. The van der Waals surface area contributed by atoms with Crippen molar-refractivity contribution in [2.24, 2.45) is 0 Å². The zero-order valence-electron chi connectivity index (χ0n) is 24.7. The highest BCUT2D eigenvalue weighted by Gasteiger charge is 2.25. The van der Waals surface area contributed by atoms with Crippen molar-refractivity contribution in [1.82, 2.24) is 25.0 Å². The van der Waals surface area contributed by atoms with Crippen molar-refractivity contribution in [2.45, 2.75) is 45.8 Å². The molecule has 44 heavy (non-hydrogen) atoms. The number of nitrogens with zero attached hydrogens (tertiary/aromatic N) is 3. The van der Waals surface area contributed by atoms with Gasteiger partial charge in [0.05, 0.1) is 25.5 Å². The van der Waals surface area contributed by atoms with E-state index in [0.717, 1.165) is 0 Å². The standard InChI is InChI=1S/C30H32F2N6O6/c1-6-16-13-17(7-8-18(16)27(39)37-20(28(40)41)14-35-29(42)44-30(2,3)4)36-25-26-34-15-21(38(26)12-11-33-25)19-9-10-22(43-5)24(32)23(19)31/h7-13,15,20H,6,14H2,1-5H3,(H,33,36)(H,35,42)(H,37,39)(H,40,41). The quantitative estimate of drug-likeness (QED) is 0.200. The van der Waals surface area contributed by atoms with Crippen LogP contribution < -0.4 is 20.7 Å². The number of imidazole rings is 1. The Hall–Kier alpha value is -5.27. The Kier molecular flexibility index (Phi) is 9.31. The maximum Gasteiger partial charge on any atom is 0.407 e. The van der Waals surface area contributed by atoms with E-state index in [1.807, 2.05) is 6.92 Å². The topological polar surface area (TPSA) is 156 Å². The fraction of sp³-hybridized carbons (Fsp3) is 0.300. The third kappa shape index (κ3) is 7.02. The summed E-state index contributed by atoms with van der Waals surface area (Å²) in [7, 11) is 1.25. The number of methoxy groups -OCH3 is 1. The zero-order chi connectivity index (χ0) is 32.2. The third-order valence-corrected chi connectivity index (χ3v) is 6.42. The third-order valence-electron chi connectivity index (χ3n) is 6.42. The average Bonchev–Trinajstić information content (AvgIpc) is 3.40. The fourth-order valence-corrected chi connectivity index (χ4v) is 4.35. The molecule has 2 aromatic heterocycles. The normalized spacial score (nSPS) is 12.0. The summed E-state index contributed by atoms with van der Waals surface area (Å²) < 4.78 is 40.7. The molecule has 12 nitrogen and oxygen atoms in total. The number of hydrogen-bond donors (Lipinski definition) is 4. The molecular weight excluding hydrogens is 578 g/mol. The molecule has 1 unspecified atom stereocenters. The van der Waals surface area contributed by atoms with E-state index in [0.29, 0.717) is 34.8 Å². The number of rotatable bonds is 10. The number of alkyl carbamates (subject to hydrolysis) is 1. The van der Waals surface area contributed by atoms with Crippen LogP contribution in [-0.4, -0.2) is 62.7 Å². The Morgan fingerprint density at radius 2 is 1.84 bits per heavy atom. The predicted octanol–water partition coefficient (Wildman–Crippen LogP) is 4.70. The van der Waals surface area contributed by atoms with Gasteiger partial charge >= 0.3 is 12.1 Å². The van der Waals surface area contributed by atoms with Gasteiger partial charge < -0.3 is 30.5 Å². The van der Waals surface area contributed by atoms with E-state index in [2.05, 4.69) is 25.9 Å². The first-order valence-corrected chi connectivity index (χ1v) is 13.6. The predicted molar refractivity (Wildman–Crippen MR) is 157 cm³/mol. The smallest absolute Gasteiger partial charge is 0.407 e. The Morgan fingerprint density at radius 3 is 2.50 bits per heavy atom. The first-order valence-electron chi connectivity index (χ1n) is 13.6. The summed E-state index contributed by atoms with van der Waals surface area (Å²) in [5.41, 5.74) is 1.23. The van der Waals surface area contributed by atoms with Crippen LogP contribution in [0.1, 0.15) is 43.6 Å². The lowest BCUT2D eigenvalue weighted by molar-refractivity contribution is -0.139. The number of benzene rings is 2. The van der Waals surface area contributed by atoms with Gasteiger partial charge in [0.1, 0.15) is 11.6 Å². The van der Waals surface area contributed by atoms with Crippen LogP contribution in [0.3, 0.4) is 0 Å². The molecule has 0 fully saturated rings. The van der Waals surface area contributed by atoms with E-state index in [1.165, 1.54) is 37.7 Å². The number of anilines is 2. The second-order valence-electron chi connectivity index (χ2n) is 10.7. The van der Waals surface area contributed by atoms with E-state index < -0.39 is 41.2 Å². The molecule has 0 radical (unpaired) electrons. The lowest BCUT2D eigenvalue weighted by Crippen LogP contribution is -2.49. The molecule has 2 amide bonds. The van der Waals surface area contributed by atoms with Gasteiger partial charge in [0.25, 0.3) is 5.91 Å². The van der Waals surface area contributed by atoms with Crippen molar-refractivity contribution >= 4 is 35.1 Å². The Labute approximate surface area is 251 Å². The van der Waals surface area contributed by atoms with Gasteiger partial charge in [0, 0.05) is 29.2 Å². The van der Waals surface area contributed by atoms with E-state index >= 15 is 0 Å². The molecule has 4 rings (SSSR count). The highest BCUT2D eigenvalue weighted by Crippen LogP contribution is 2.31. The molecule has 0 saturated carbocycles. The van der Waals surface area contributed by atoms with Crippen LogP contribution in [0.4, 0.5) is 25.1 Å². The summed E-state index contributed by atoms with van der Waals surface area (Å²) in [6, 6.07) is 6.16. The van der Waals surface area contributed by atoms with Crippen LogP contribution >= 0.6 is 0 Å². The number of carboxylic acid groups (broad SMARTS) is 1. The Morgan fingerprint density at radius 1 is 1.09 bits per heavy atom. The molecule has 1 atom stereocenters. The van der Waals surface area contributed by atoms with Crippen molar-refractivity contribution < 1.29 is 37.7 Å². The number of aromatic nitrogens is 3. The van der Waals surface area contributed by atoms with E-state index in [-0.39, 0.29) is 23.4 Å². The largest absolute Gasteiger partial charge is 0.494 e. The minimum absolute atomic E-state index is 0.0162. The number of hydrogen-bond acceptors (Lipinski definition) is 8. The van der Waals surface area contributed by atoms with Crippen LogP contribution in [0.25, 0.3) is 16.9 Å². The summed E-state index contributed by atoms with van der Waals surface area (Å²) in [6.45, 7) is 6.46. The maximum absolute atomic E-state index is 14.8. The van der Waals surface area contributed by atoms with Crippen molar-refractivity contribution in [3.8, 4) is 17.0 Å². The molecule has 0 saturated heterocycles. The molecule has 4 aromatic rings. The van der Waals surface area contributed by atoms with Crippen LogP contribution in [0.2, 0.25) is 0 Å². The van der Waals surface area contributed by atoms with Crippen molar-refractivity contribution in [2.75, 3.05) is 19.0 Å². The number of aliphatic carboxylic acids is 1. The number of fused-ring (bicyclic) bond motifs is 1. The van der Waals surface area contributed by atoms with Gasteiger partial charge in [-0.05, 0) is 63.1 Å². The molecular formula is C30H32F2N6O6. The Balaban J connectivity index is 1.54. The monoisotopic (exact) mass is 610 g/mol. The van der Waals surface area contributed by atoms with E-state index in [1.54, 1.807) is 43.5 Å². The molecule has 0 aliphatic carbocycles. The van der Waals surface area contributed by atoms with Crippen LogP contribution in [-0.2, 0) is 16.0 Å². The summed E-state index contributed by atoms with van der Waals surface area (Å²) in [4.78, 5) is 45.4. The second kappa shape index (κ2) is 12.9. The van der Waals surface area contributed by atoms with Gasteiger partial charge in [-0.1, -0.05) is 6.92 Å². The van der Waals surface area contributed by atoms with E-state index in [9.17, 15) is 28.3 Å². The molecule has 232 valence electrons. The van der Waals surface area contributed by atoms with Crippen LogP contribution in [0, 0.1) is 11.6 Å². The first kappa shape index (κ1) is 31.7. The molecule has 0 aliphatic heterocycles. The minimum Gasteiger partial charge on any atom is -0.494 e. The highest BCUT2D eigenvalue weighted by atomic mass is 19.2. The Bertz CT molecular complexity index is 1720. The SMILES string of the molecule is CCc1cc(Nc2nccn3c(-c4ccc(OC)c(F)c4F)cnc23)ccc1C(=O)NC(CNC(=O)OC(C)(C)C)C(=O)O. The number of nitrogens with one attached hydrogen (secondary N) is 3. The number of carbonyl (C=O) groups excluding carboxylic acids is 2. The van der Waals surface area contributed by atoms with Crippen LogP contribution in [0.5, 0.6) is 5.75 Å².